The van der Waals surface area contributed by atoms with Gasteiger partial charge in [0, 0.05) is 0 Å². The van der Waals surface area contributed by atoms with Gasteiger partial charge in [0.1, 0.15) is 0 Å². The van der Waals surface area contributed by atoms with E-state index in [1.807, 2.05) is 0 Å². The Bertz CT molecular complexity index is 452. The third-order valence-electron chi connectivity index (χ3n) is 8.40. The lowest BCUT2D eigenvalue weighted by Crippen LogP contribution is -2.57. The molecule has 0 radical (unpaired) electrons. The van der Waals surface area contributed by atoms with Gasteiger partial charge < -0.3 is 15.3 Å². The second-order valence-corrected chi connectivity index (χ2v) is 9.51. The Hall–Kier alpha value is -0.120. The average molecular weight is 308 g/mol. The first-order valence-electron chi connectivity index (χ1n) is 9.38. The van der Waals surface area contributed by atoms with Gasteiger partial charge in [0.25, 0.3) is 0 Å². The molecule has 0 aromatic rings. The van der Waals surface area contributed by atoms with Crippen LogP contribution in [0.15, 0.2) is 0 Å². The van der Waals surface area contributed by atoms with Gasteiger partial charge in [-0.1, -0.05) is 13.8 Å². The summed E-state index contributed by atoms with van der Waals surface area (Å²) in [6, 6.07) is 0. The average Bonchev–Trinajstić information content (AvgIpc) is 2.76. The summed E-state index contributed by atoms with van der Waals surface area (Å²) >= 11 is 0. The monoisotopic (exact) mass is 308 g/mol. The quantitative estimate of drug-likeness (QED) is 0.645. The first kappa shape index (κ1) is 15.4. The summed E-state index contributed by atoms with van der Waals surface area (Å²) in [4.78, 5) is 0. The van der Waals surface area contributed by atoms with Gasteiger partial charge in [0.2, 0.25) is 0 Å². The zero-order valence-corrected chi connectivity index (χ0v) is 14.0. The fourth-order valence-corrected chi connectivity index (χ4v) is 7.30. The molecule has 9 atom stereocenters. The molecule has 3 heteroatoms. The fraction of sp³-hybridized carbons (Fsp3) is 1.00. The molecular formula is C19H32O3. The van der Waals surface area contributed by atoms with Gasteiger partial charge in [0.05, 0.1) is 18.3 Å². The molecule has 0 bridgehead atoms. The van der Waals surface area contributed by atoms with E-state index in [4.69, 9.17) is 0 Å². The number of fused-ring (bicyclic) bond motifs is 5. The van der Waals surface area contributed by atoms with Crippen molar-refractivity contribution < 1.29 is 15.3 Å². The van der Waals surface area contributed by atoms with E-state index in [2.05, 4.69) is 13.8 Å². The summed E-state index contributed by atoms with van der Waals surface area (Å²) in [5, 5.41) is 31.1. The number of hydrogen-bond donors (Lipinski definition) is 3. The maximum absolute atomic E-state index is 10.8. The molecule has 0 aromatic heterocycles. The van der Waals surface area contributed by atoms with E-state index in [0.717, 1.165) is 38.5 Å². The summed E-state index contributed by atoms with van der Waals surface area (Å²) in [6.45, 7) is 4.76. The molecule has 4 saturated carbocycles. The van der Waals surface area contributed by atoms with Gasteiger partial charge in [-0.05, 0) is 85.9 Å². The van der Waals surface area contributed by atoms with Gasteiger partial charge in [0.15, 0.2) is 0 Å². The first-order valence-corrected chi connectivity index (χ1v) is 9.38. The highest BCUT2D eigenvalue weighted by atomic mass is 16.3. The van der Waals surface area contributed by atoms with E-state index in [1.165, 1.54) is 12.8 Å². The van der Waals surface area contributed by atoms with Crippen molar-refractivity contribution in [3.8, 4) is 0 Å². The molecule has 4 aliphatic carbocycles. The zero-order valence-electron chi connectivity index (χ0n) is 14.0. The van der Waals surface area contributed by atoms with Crippen molar-refractivity contribution in [3.05, 3.63) is 0 Å². The molecule has 0 aromatic carbocycles. The highest BCUT2D eigenvalue weighted by Crippen LogP contribution is 2.66. The van der Waals surface area contributed by atoms with Crippen LogP contribution in [0.1, 0.15) is 65.2 Å². The molecule has 0 unspecified atom stereocenters. The van der Waals surface area contributed by atoms with Crippen molar-refractivity contribution in [3.63, 3.8) is 0 Å². The largest absolute Gasteiger partial charge is 0.393 e. The molecule has 0 heterocycles. The molecule has 4 aliphatic rings. The lowest BCUT2D eigenvalue weighted by atomic mass is 9.44. The van der Waals surface area contributed by atoms with Crippen molar-refractivity contribution >= 4 is 0 Å². The van der Waals surface area contributed by atoms with Crippen LogP contribution < -0.4 is 0 Å². The van der Waals surface area contributed by atoms with Crippen LogP contribution >= 0.6 is 0 Å². The van der Waals surface area contributed by atoms with Crippen molar-refractivity contribution in [1.82, 2.24) is 0 Å². The third-order valence-corrected chi connectivity index (χ3v) is 8.40. The highest BCUT2D eigenvalue weighted by Gasteiger charge is 2.61. The number of rotatable bonds is 0. The Morgan fingerprint density at radius 1 is 0.773 bits per heavy atom. The molecule has 3 N–H and O–H groups in total. The second-order valence-electron chi connectivity index (χ2n) is 9.51. The first-order chi connectivity index (χ1) is 10.3. The van der Waals surface area contributed by atoms with Crippen LogP contribution in [0.3, 0.4) is 0 Å². The lowest BCUT2D eigenvalue weighted by molar-refractivity contribution is -0.167. The molecule has 0 spiro atoms. The maximum atomic E-state index is 10.8. The normalized spacial score (nSPS) is 61.2. The third kappa shape index (κ3) is 2.04. The fourth-order valence-electron chi connectivity index (χ4n) is 7.30. The second kappa shape index (κ2) is 4.94. The van der Waals surface area contributed by atoms with Gasteiger partial charge >= 0.3 is 0 Å². The van der Waals surface area contributed by atoms with E-state index < -0.39 is 0 Å². The Labute approximate surface area is 134 Å². The van der Waals surface area contributed by atoms with Gasteiger partial charge in [-0.25, -0.2) is 0 Å². The summed E-state index contributed by atoms with van der Waals surface area (Å²) in [5.74, 6) is 2.10. The zero-order chi connectivity index (χ0) is 15.7. The van der Waals surface area contributed by atoms with Crippen molar-refractivity contribution in [2.24, 2.45) is 34.5 Å². The van der Waals surface area contributed by atoms with E-state index in [1.54, 1.807) is 0 Å². The maximum Gasteiger partial charge on any atom is 0.0577 e. The van der Waals surface area contributed by atoms with Crippen molar-refractivity contribution in [1.29, 1.82) is 0 Å². The smallest absolute Gasteiger partial charge is 0.0577 e. The molecular weight excluding hydrogens is 276 g/mol. The van der Waals surface area contributed by atoms with Crippen LogP contribution in [-0.2, 0) is 0 Å². The van der Waals surface area contributed by atoms with Crippen molar-refractivity contribution in [2.75, 3.05) is 0 Å². The van der Waals surface area contributed by atoms with Crippen LogP contribution in [0.5, 0.6) is 0 Å². The molecule has 126 valence electrons. The van der Waals surface area contributed by atoms with Gasteiger partial charge in [-0.2, -0.15) is 0 Å². The van der Waals surface area contributed by atoms with E-state index in [-0.39, 0.29) is 35.1 Å². The van der Waals surface area contributed by atoms with Crippen LogP contribution in [0.25, 0.3) is 0 Å². The minimum Gasteiger partial charge on any atom is -0.393 e. The van der Waals surface area contributed by atoms with Crippen molar-refractivity contribution in [2.45, 2.75) is 83.5 Å². The minimum atomic E-state index is -0.263. The molecule has 4 rings (SSSR count). The summed E-state index contributed by atoms with van der Waals surface area (Å²) < 4.78 is 0. The number of aliphatic hydroxyl groups is 3. The van der Waals surface area contributed by atoms with E-state index in [9.17, 15) is 15.3 Å². The molecule has 3 nitrogen and oxygen atoms in total. The van der Waals surface area contributed by atoms with E-state index >= 15 is 0 Å². The van der Waals surface area contributed by atoms with Crippen LogP contribution in [0.4, 0.5) is 0 Å². The molecule has 0 amide bonds. The summed E-state index contributed by atoms with van der Waals surface area (Å²) in [7, 11) is 0. The Morgan fingerprint density at radius 3 is 2.27 bits per heavy atom. The Kier molecular flexibility index (Phi) is 3.46. The van der Waals surface area contributed by atoms with Crippen LogP contribution in [0, 0.1) is 34.5 Å². The predicted octanol–water partition coefficient (Wildman–Crippen LogP) is 2.72. The van der Waals surface area contributed by atoms with Crippen LogP contribution in [0.2, 0.25) is 0 Å². The van der Waals surface area contributed by atoms with Gasteiger partial charge in [-0.3, -0.25) is 0 Å². The Morgan fingerprint density at radius 2 is 1.50 bits per heavy atom. The summed E-state index contributed by atoms with van der Waals surface area (Å²) in [5.41, 5.74) is 0.480. The predicted molar refractivity (Wildman–Crippen MR) is 85.1 cm³/mol. The molecule has 22 heavy (non-hydrogen) atoms. The summed E-state index contributed by atoms with van der Waals surface area (Å²) in [6.07, 6.45) is 7.39. The molecule has 0 saturated heterocycles. The topological polar surface area (TPSA) is 60.7 Å². The molecule has 4 fully saturated rings. The standard InChI is InChI=1S/C19H32O3/c1-18-5-4-14-13(15(18)8-12(21)10-18)9-17(22)16-7-11(20)3-6-19(14,16)2/h11-17,20-22H,3-10H2,1-2H3/t11-,12-,13+,14-,15+,16-,17+,18-,19+/m1/s1. The van der Waals surface area contributed by atoms with Gasteiger partial charge in [-0.15, -0.1) is 0 Å². The van der Waals surface area contributed by atoms with Crippen LogP contribution in [-0.4, -0.2) is 33.6 Å². The highest BCUT2D eigenvalue weighted by molar-refractivity contribution is 5.10. The lowest BCUT2D eigenvalue weighted by Gasteiger charge is -2.61. The number of aliphatic hydroxyl groups excluding tert-OH is 3. The number of hydrogen-bond acceptors (Lipinski definition) is 3. The molecule has 0 aliphatic heterocycles. The SMILES string of the molecule is C[C@]12CC[C@@H]3[C@H](C[C@H](O)[C@H]4C[C@H](O)CC[C@@]34C)[C@@H]1C[C@@H](O)C2. The van der Waals surface area contributed by atoms with E-state index in [0.29, 0.717) is 17.8 Å². The minimum absolute atomic E-state index is 0.135. The Balaban J connectivity index is 1.66.